The van der Waals surface area contributed by atoms with E-state index in [4.69, 9.17) is 0 Å². The first-order valence-corrected chi connectivity index (χ1v) is 8.45. The van der Waals surface area contributed by atoms with Gasteiger partial charge in [0.05, 0.1) is 12.6 Å². The van der Waals surface area contributed by atoms with Crippen LogP contribution >= 0.6 is 0 Å². The summed E-state index contributed by atoms with van der Waals surface area (Å²) in [6.07, 6.45) is 0. The fraction of sp³-hybridized carbons (Fsp3) is 0.300. The van der Waals surface area contributed by atoms with Crippen molar-refractivity contribution in [3.8, 4) is 0 Å². The monoisotopic (exact) mass is 339 g/mol. The Hall–Kier alpha value is -2.82. The number of hydrogen-bond donors (Lipinski definition) is 3. The Morgan fingerprint density at radius 1 is 0.880 bits per heavy atom. The zero-order valence-corrected chi connectivity index (χ0v) is 14.9. The molecular formula is C20H25N3O2. The third-order valence-corrected chi connectivity index (χ3v) is 3.81. The fourth-order valence-electron chi connectivity index (χ4n) is 2.26. The van der Waals surface area contributed by atoms with Crippen LogP contribution in [-0.4, -0.2) is 18.4 Å². The van der Waals surface area contributed by atoms with Crippen LogP contribution in [0.3, 0.4) is 0 Å². The molecule has 2 rings (SSSR count). The summed E-state index contributed by atoms with van der Waals surface area (Å²) in [7, 11) is 0. The summed E-state index contributed by atoms with van der Waals surface area (Å²) in [6.45, 7) is 5.84. The number of hydrogen-bond acceptors (Lipinski definition) is 3. The van der Waals surface area contributed by atoms with Crippen molar-refractivity contribution in [2.75, 3.05) is 17.2 Å². The molecule has 0 aliphatic heterocycles. The molecule has 0 spiro atoms. The SMILES string of the molecule is CC(C)C(=O)Nc1ccc(NCC(=O)NC(C)c2ccccc2)cc1. The lowest BCUT2D eigenvalue weighted by molar-refractivity contribution is -0.120. The highest BCUT2D eigenvalue weighted by Crippen LogP contribution is 2.15. The number of anilines is 2. The Labute approximate surface area is 148 Å². The maximum absolute atomic E-state index is 12.1. The number of carbonyl (C=O) groups is 2. The minimum Gasteiger partial charge on any atom is -0.376 e. The van der Waals surface area contributed by atoms with Crippen LogP contribution in [-0.2, 0) is 9.59 Å². The Balaban J connectivity index is 1.80. The lowest BCUT2D eigenvalue weighted by Crippen LogP contribution is -2.32. The van der Waals surface area contributed by atoms with Gasteiger partial charge in [0.2, 0.25) is 11.8 Å². The molecule has 0 aliphatic rings. The van der Waals surface area contributed by atoms with E-state index in [0.29, 0.717) is 0 Å². The largest absolute Gasteiger partial charge is 0.376 e. The minimum atomic E-state index is -0.0754. The molecule has 2 amide bonds. The van der Waals surface area contributed by atoms with Crippen molar-refractivity contribution in [3.63, 3.8) is 0 Å². The third kappa shape index (κ3) is 5.95. The van der Waals surface area contributed by atoms with Gasteiger partial charge in [0, 0.05) is 17.3 Å². The first kappa shape index (κ1) is 18.5. The number of rotatable bonds is 7. The first-order chi connectivity index (χ1) is 12.0. The van der Waals surface area contributed by atoms with Gasteiger partial charge in [-0.25, -0.2) is 0 Å². The van der Waals surface area contributed by atoms with E-state index in [-0.39, 0.29) is 30.3 Å². The molecule has 1 unspecified atom stereocenters. The maximum Gasteiger partial charge on any atom is 0.239 e. The van der Waals surface area contributed by atoms with Crippen molar-refractivity contribution >= 4 is 23.2 Å². The van der Waals surface area contributed by atoms with E-state index in [1.54, 1.807) is 0 Å². The zero-order valence-electron chi connectivity index (χ0n) is 14.9. The second-order valence-electron chi connectivity index (χ2n) is 6.27. The van der Waals surface area contributed by atoms with Crippen molar-refractivity contribution in [2.24, 2.45) is 5.92 Å². The minimum absolute atomic E-state index is 0.0185. The Morgan fingerprint density at radius 3 is 2.08 bits per heavy atom. The van der Waals surface area contributed by atoms with Gasteiger partial charge in [0.25, 0.3) is 0 Å². The van der Waals surface area contributed by atoms with Crippen LogP contribution in [0.15, 0.2) is 54.6 Å². The number of benzene rings is 2. The van der Waals surface area contributed by atoms with E-state index < -0.39 is 0 Å². The first-order valence-electron chi connectivity index (χ1n) is 8.45. The molecule has 0 fully saturated rings. The smallest absolute Gasteiger partial charge is 0.239 e. The molecular weight excluding hydrogens is 314 g/mol. The molecule has 25 heavy (non-hydrogen) atoms. The maximum atomic E-state index is 12.1. The average Bonchev–Trinajstić information content (AvgIpc) is 2.61. The lowest BCUT2D eigenvalue weighted by Gasteiger charge is -2.15. The molecule has 5 heteroatoms. The summed E-state index contributed by atoms with van der Waals surface area (Å²) in [6, 6.07) is 17.1. The second-order valence-corrected chi connectivity index (χ2v) is 6.27. The van der Waals surface area contributed by atoms with Crippen LogP contribution in [0.25, 0.3) is 0 Å². The van der Waals surface area contributed by atoms with Crippen LogP contribution in [0.4, 0.5) is 11.4 Å². The van der Waals surface area contributed by atoms with Crippen molar-refractivity contribution in [2.45, 2.75) is 26.8 Å². The van der Waals surface area contributed by atoms with E-state index in [1.807, 2.05) is 75.4 Å². The number of carbonyl (C=O) groups excluding carboxylic acids is 2. The molecule has 5 nitrogen and oxygen atoms in total. The number of nitrogens with one attached hydrogen (secondary N) is 3. The molecule has 0 aliphatic carbocycles. The van der Waals surface area contributed by atoms with Gasteiger partial charge in [0.15, 0.2) is 0 Å². The molecule has 3 N–H and O–H groups in total. The lowest BCUT2D eigenvalue weighted by atomic mass is 10.1. The van der Waals surface area contributed by atoms with Crippen LogP contribution in [0, 0.1) is 5.92 Å². The number of amides is 2. The van der Waals surface area contributed by atoms with Crippen molar-refractivity contribution in [1.82, 2.24) is 5.32 Å². The van der Waals surface area contributed by atoms with E-state index in [9.17, 15) is 9.59 Å². The van der Waals surface area contributed by atoms with Gasteiger partial charge in [-0.15, -0.1) is 0 Å². The topological polar surface area (TPSA) is 70.2 Å². The highest BCUT2D eigenvalue weighted by Gasteiger charge is 2.09. The summed E-state index contributed by atoms with van der Waals surface area (Å²) < 4.78 is 0. The standard InChI is InChI=1S/C20H25N3O2/c1-14(2)20(25)23-18-11-9-17(10-12-18)21-13-19(24)22-15(3)16-7-5-4-6-8-16/h4-12,14-15,21H,13H2,1-3H3,(H,22,24)(H,23,25). The average molecular weight is 339 g/mol. The molecule has 2 aromatic rings. The van der Waals surface area contributed by atoms with Crippen LogP contribution in [0.5, 0.6) is 0 Å². The Kier molecular flexibility index (Phi) is 6.57. The molecule has 2 aromatic carbocycles. The van der Waals surface area contributed by atoms with Gasteiger partial charge in [-0.3, -0.25) is 9.59 Å². The van der Waals surface area contributed by atoms with Gasteiger partial charge < -0.3 is 16.0 Å². The van der Waals surface area contributed by atoms with Crippen molar-refractivity contribution < 1.29 is 9.59 Å². The quantitative estimate of drug-likeness (QED) is 0.722. The predicted molar refractivity (Wildman–Crippen MR) is 101 cm³/mol. The zero-order chi connectivity index (χ0) is 18.2. The summed E-state index contributed by atoms with van der Waals surface area (Å²) in [5.74, 6) is -0.156. The molecule has 0 saturated carbocycles. The van der Waals surface area contributed by atoms with Gasteiger partial charge in [-0.1, -0.05) is 44.2 Å². The second kappa shape index (κ2) is 8.87. The van der Waals surface area contributed by atoms with E-state index in [2.05, 4.69) is 16.0 Å². The van der Waals surface area contributed by atoms with Crippen LogP contribution < -0.4 is 16.0 Å². The Morgan fingerprint density at radius 2 is 1.48 bits per heavy atom. The van der Waals surface area contributed by atoms with Gasteiger partial charge in [-0.05, 0) is 36.8 Å². The fourth-order valence-corrected chi connectivity index (χ4v) is 2.26. The highest BCUT2D eigenvalue weighted by atomic mass is 16.2. The van der Waals surface area contributed by atoms with Gasteiger partial charge in [0.1, 0.15) is 0 Å². The van der Waals surface area contributed by atoms with E-state index >= 15 is 0 Å². The third-order valence-electron chi connectivity index (χ3n) is 3.81. The van der Waals surface area contributed by atoms with Crippen molar-refractivity contribution in [3.05, 3.63) is 60.2 Å². The molecule has 1 atom stereocenters. The van der Waals surface area contributed by atoms with Gasteiger partial charge in [-0.2, -0.15) is 0 Å². The van der Waals surface area contributed by atoms with E-state index in [1.165, 1.54) is 0 Å². The normalized spacial score (nSPS) is 11.7. The van der Waals surface area contributed by atoms with Crippen LogP contribution in [0.2, 0.25) is 0 Å². The molecule has 0 saturated heterocycles. The summed E-state index contributed by atoms with van der Waals surface area (Å²) in [5.41, 5.74) is 2.64. The van der Waals surface area contributed by atoms with Crippen LogP contribution in [0.1, 0.15) is 32.4 Å². The van der Waals surface area contributed by atoms with Crippen molar-refractivity contribution in [1.29, 1.82) is 0 Å². The summed E-state index contributed by atoms with van der Waals surface area (Å²) >= 11 is 0. The highest BCUT2D eigenvalue weighted by molar-refractivity contribution is 5.92. The van der Waals surface area contributed by atoms with Gasteiger partial charge >= 0.3 is 0 Å². The molecule has 0 heterocycles. The predicted octanol–water partition coefficient (Wildman–Crippen LogP) is 3.57. The summed E-state index contributed by atoms with van der Waals surface area (Å²) in [4.78, 5) is 23.7. The molecule has 132 valence electrons. The molecule has 0 bridgehead atoms. The van der Waals surface area contributed by atoms with E-state index in [0.717, 1.165) is 16.9 Å². The summed E-state index contributed by atoms with van der Waals surface area (Å²) in [5, 5.41) is 8.87. The Bertz CT molecular complexity index is 697. The molecule has 0 aromatic heterocycles. The molecule has 0 radical (unpaired) electrons.